The van der Waals surface area contributed by atoms with Crippen molar-refractivity contribution in [2.45, 2.75) is 52.3 Å². The van der Waals surface area contributed by atoms with E-state index in [4.69, 9.17) is 4.74 Å². The maximum atomic E-state index is 12.7. The van der Waals surface area contributed by atoms with Crippen molar-refractivity contribution < 1.29 is 14.3 Å². The lowest BCUT2D eigenvalue weighted by atomic mass is 10.0. The van der Waals surface area contributed by atoms with Crippen LogP contribution >= 0.6 is 0 Å². The summed E-state index contributed by atoms with van der Waals surface area (Å²) in [5.41, 5.74) is 3.38. The Morgan fingerprint density at radius 1 is 1.03 bits per heavy atom. The monoisotopic (exact) mass is 423 g/mol. The molecule has 0 saturated carbocycles. The smallest absolute Gasteiger partial charge is 0.328 e. The van der Waals surface area contributed by atoms with E-state index in [1.165, 1.54) is 0 Å². The van der Waals surface area contributed by atoms with Gasteiger partial charge in [0.1, 0.15) is 0 Å². The highest BCUT2D eigenvalue weighted by molar-refractivity contribution is 5.79. The quantitative estimate of drug-likeness (QED) is 0.564. The Labute approximate surface area is 181 Å². The molecule has 164 valence electrons. The van der Waals surface area contributed by atoms with E-state index in [9.17, 15) is 14.4 Å². The molecule has 0 spiro atoms. The van der Waals surface area contributed by atoms with Gasteiger partial charge < -0.3 is 10.1 Å². The maximum absolute atomic E-state index is 12.7. The summed E-state index contributed by atoms with van der Waals surface area (Å²) >= 11 is 0. The molecule has 0 aliphatic heterocycles. The average Bonchev–Trinajstić information content (AvgIpc) is 2.96. The number of hydrogen-bond acceptors (Lipinski definition) is 4. The summed E-state index contributed by atoms with van der Waals surface area (Å²) in [6, 6.07) is 14.7. The third-order valence-corrected chi connectivity index (χ3v) is 5.17. The number of para-hydroxylation sites is 2. The summed E-state index contributed by atoms with van der Waals surface area (Å²) in [6.45, 7) is 5.81. The maximum Gasteiger partial charge on any atom is 0.328 e. The number of carbonyl (C=O) groups is 2. The van der Waals surface area contributed by atoms with Crippen LogP contribution in [0.1, 0.15) is 43.9 Å². The predicted octanol–water partition coefficient (Wildman–Crippen LogP) is 3.24. The van der Waals surface area contributed by atoms with Crippen molar-refractivity contribution in [3.05, 3.63) is 70.1 Å². The molecule has 1 N–H and O–H groups in total. The van der Waals surface area contributed by atoms with Gasteiger partial charge in [0.05, 0.1) is 29.6 Å². The number of carbonyl (C=O) groups excluding carboxylic acids is 2. The number of fused-ring (bicyclic) bond motifs is 1. The fourth-order valence-electron chi connectivity index (χ4n) is 3.59. The summed E-state index contributed by atoms with van der Waals surface area (Å²) in [7, 11) is 1.72. The molecule has 0 unspecified atom stereocenters. The third kappa shape index (κ3) is 5.42. The molecule has 1 aromatic heterocycles. The Hall–Kier alpha value is -3.35. The minimum Gasteiger partial charge on any atom is -0.463 e. The highest BCUT2D eigenvalue weighted by Gasteiger charge is 2.20. The lowest BCUT2D eigenvalue weighted by Crippen LogP contribution is -2.32. The van der Waals surface area contributed by atoms with Crippen molar-refractivity contribution in [2.24, 2.45) is 7.05 Å². The van der Waals surface area contributed by atoms with E-state index in [0.29, 0.717) is 0 Å². The van der Waals surface area contributed by atoms with Crippen LogP contribution < -0.4 is 11.0 Å². The molecule has 31 heavy (non-hydrogen) atoms. The number of ether oxygens (including phenoxy) is 1. The Morgan fingerprint density at radius 2 is 1.68 bits per heavy atom. The molecule has 0 fully saturated rings. The highest BCUT2D eigenvalue weighted by Crippen LogP contribution is 2.19. The summed E-state index contributed by atoms with van der Waals surface area (Å²) < 4.78 is 8.44. The first-order valence-corrected chi connectivity index (χ1v) is 10.5. The first-order valence-electron chi connectivity index (χ1n) is 10.5. The molecule has 0 aliphatic carbocycles. The number of benzene rings is 2. The zero-order valence-electron chi connectivity index (χ0n) is 18.4. The first kappa shape index (κ1) is 22.3. The number of imidazole rings is 1. The first-order chi connectivity index (χ1) is 14.8. The minimum absolute atomic E-state index is 0.0429. The number of amides is 1. The molecule has 0 saturated heterocycles. The van der Waals surface area contributed by atoms with E-state index in [0.717, 1.165) is 22.2 Å². The van der Waals surface area contributed by atoms with E-state index >= 15 is 0 Å². The summed E-state index contributed by atoms with van der Waals surface area (Å²) in [6.07, 6.45) is -0.0587. The second-order valence-electron chi connectivity index (χ2n) is 8.01. The van der Waals surface area contributed by atoms with Crippen LogP contribution in [0.3, 0.4) is 0 Å². The summed E-state index contributed by atoms with van der Waals surface area (Å²) in [4.78, 5) is 37.5. The van der Waals surface area contributed by atoms with Gasteiger partial charge in [-0.3, -0.25) is 18.7 Å². The number of hydrogen-bond donors (Lipinski definition) is 1. The molecule has 0 bridgehead atoms. The number of aromatic nitrogens is 2. The van der Waals surface area contributed by atoms with Crippen molar-refractivity contribution >= 4 is 22.9 Å². The fraction of sp³-hybridized carbons (Fsp3) is 0.375. The fourth-order valence-corrected chi connectivity index (χ4v) is 3.59. The van der Waals surface area contributed by atoms with Gasteiger partial charge in [-0.05, 0) is 38.5 Å². The van der Waals surface area contributed by atoms with Crippen molar-refractivity contribution in [2.75, 3.05) is 0 Å². The lowest BCUT2D eigenvalue weighted by molar-refractivity contribution is -0.148. The zero-order valence-corrected chi connectivity index (χ0v) is 18.4. The van der Waals surface area contributed by atoms with Gasteiger partial charge in [-0.1, -0.05) is 42.0 Å². The molecule has 1 amide bonds. The van der Waals surface area contributed by atoms with Crippen LogP contribution in [-0.4, -0.2) is 27.1 Å². The second-order valence-corrected chi connectivity index (χ2v) is 8.01. The Balaban J connectivity index is 1.73. The van der Waals surface area contributed by atoms with E-state index in [1.807, 2.05) is 55.5 Å². The van der Waals surface area contributed by atoms with Crippen molar-refractivity contribution in [1.29, 1.82) is 0 Å². The lowest BCUT2D eigenvalue weighted by Gasteiger charge is -2.20. The van der Waals surface area contributed by atoms with Crippen molar-refractivity contribution in [3.63, 3.8) is 0 Å². The van der Waals surface area contributed by atoms with Crippen LogP contribution in [0.25, 0.3) is 11.0 Å². The van der Waals surface area contributed by atoms with Crippen molar-refractivity contribution in [3.8, 4) is 0 Å². The Kier molecular flexibility index (Phi) is 6.95. The third-order valence-electron chi connectivity index (χ3n) is 5.17. The van der Waals surface area contributed by atoms with Gasteiger partial charge in [-0.25, -0.2) is 4.79 Å². The van der Waals surface area contributed by atoms with E-state index < -0.39 is 6.04 Å². The number of nitrogens with zero attached hydrogens (tertiary/aromatic N) is 2. The second kappa shape index (κ2) is 9.64. The van der Waals surface area contributed by atoms with Gasteiger partial charge in [0.2, 0.25) is 5.91 Å². The predicted molar refractivity (Wildman–Crippen MR) is 120 cm³/mol. The van der Waals surface area contributed by atoms with Gasteiger partial charge >= 0.3 is 11.7 Å². The van der Waals surface area contributed by atoms with Gasteiger partial charge in [-0.2, -0.15) is 0 Å². The molecular weight excluding hydrogens is 394 g/mol. The number of nitrogens with one attached hydrogen (secondary N) is 1. The van der Waals surface area contributed by atoms with Crippen LogP contribution in [-0.2, 0) is 27.9 Å². The van der Waals surface area contributed by atoms with Gasteiger partial charge in [0, 0.05) is 20.0 Å². The zero-order chi connectivity index (χ0) is 22.5. The van der Waals surface area contributed by atoms with Gasteiger partial charge in [0.15, 0.2) is 0 Å². The van der Waals surface area contributed by atoms with Crippen LogP contribution in [0, 0.1) is 6.92 Å². The van der Waals surface area contributed by atoms with Gasteiger partial charge in [-0.15, -0.1) is 0 Å². The summed E-state index contributed by atoms with van der Waals surface area (Å²) in [5.74, 6) is -0.603. The van der Waals surface area contributed by atoms with E-state index in [-0.39, 0.29) is 43.1 Å². The minimum atomic E-state index is -0.497. The highest BCUT2D eigenvalue weighted by atomic mass is 16.5. The topological polar surface area (TPSA) is 82.3 Å². The molecule has 0 aliphatic rings. The molecule has 0 radical (unpaired) electrons. The largest absolute Gasteiger partial charge is 0.463 e. The molecule has 7 nitrogen and oxygen atoms in total. The van der Waals surface area contributed by atoms with E-state index in [1.54, 1.807) is 30.0 Å². The number of aryl methyl sites for hydroxylation is 3. The molecule has 1 heterocycles. The van der Waals surface area contributed by atoms with Crippen molar-refractivity contribution in [1.82, 2.24) is 14.5 Å². The summed E-state index contributed by atoms with van der Waals surface area (Å²) in [5, 5.41) is 2.94. The molecule has 1 atom stereocenters. The standard InChI is InChI=1S/C24H29N3O4/c1-16(2)31-23(29)15-19(18-11-9-17(3)10-12-18)25-22(28)13-14-27-21-8-6-5-7-20(21)26(4)24(27)30/h5-12,16,19H,13-15H2,1-4H3,(H,25,28)/t19-/m1/s1. The van der Waals surface area contributed by atoms with E-state index in [2.05, 4.69) is 5.32 Å². The van der Waals surface area contributed by atoms with Crippen LogP contribution in [0.2, 0.25) is 0 Å². The molecule has 2 aromatic carbocycles. The normalized spacial score (nSPS) is 12.2. The van der Waals surface area contributed by atoms with Crippen LogP contribution in [0.5, 0.6) is 0 Å². The average molecular weight is 424 g/mol. The number of rotatable bonds is 8. The molecule has 7 heteroatoms. The Bertz CT molecular complexity index is 1130. The van der Waals surface area contributed by atoms with Crippen LogP contribution in [0.4, 0.5) is 0 Å². The number of esters is 1. The van der Waals surface area contributed by atoms with Gasteiger partial charge in [0.25, 0.3) is 0 Å². The Morgan fingerprint density at radius 3 is 2.32 bits per heavy atom. The molecule has 3 aromatic rings. The SMILES string of the molecule is Cc1ccc([C@@H](CC(=O)OC(C)C)NC(=O)CCn2c(=O)n(C)c3ccccc32)cc1. The molecular formula is C24H29N3O4. The molecule has 3 rings (SSSR count). The van der Waals surface area contributed by atoms with Crippen LogP contribution in [0.15, 0.2) is 53.3 Å².